The van der Waals surface area contributed by atoms with E-state index in [1.54, 1.807) is 6.07 Å². The Kier molecular flexibility index (Phi) is 3.83. The molecule has 2 rings (SSSR count). The van der Waals surface area contributed by atoms with Gasteiger partial charge < -0.3 is 4.98 Å². The number of benzene rings is 1. The van der Waals surface area contributed by atoms with E-state index >= 15 is 0 Å². The molecule has 2 N–H and O–H groups in total. The monoisotopic (exact) mass is 302 g/mol. The summed E-state index contributed by atoms with van der Waals surface area (Å²) in [5.74, 6) is -0.482. The van der Waals surface area contributed by atoms with Crippen molar-refractivity contribution in [3.63, 3.8) is 0 Å². The SMILES string of the molecule is Cc1[nH]c(=O)sc1S(=O)(=O)NCc1ccccc1F. The summed E-state index contributed by atoms with van der Waals surface area (Å²) < 4.78 is 39.5. The van der Waals surface area contributed by atoms with Gasteiger partial charge in [-0.2, -0.15) is 0 Å². The van der Waals surface area contributed by atoms with Crippen LogP contribution in [0.5, 0.6) is 0 Å². The van der Waals surface area contributed by atoms with E-state index in [0.717, 1.165) is 0 Å². The molecule has 0 saturated carbocycles. The Morgan fingerprint density at radius 1 is 1.37 bits per heavy atom. The molecule has 0 bridgehead atoms. The molecule has 102 valence electrons. The van der Waals surface area contributed by atoms with Crippen LogP contribution in [-0.4, -0.2) is 13.4 Å². The molecule has 0 fully saturated rings. The fourth-order valence-electron chi connectivity index (χ4n) is 1.53. The highest BCUT2D eigenvalue weighted by molar-refractivity contribution is 7.91. The van der Waals surface area contributed by atoms with Crippen molar-refractivity contribution < 1.29 is 12.8 Å². The smallest absolute Gasteiger partial charge is 0.305 e. The van der Waals surface area contributed by atoms with Gasteiger partial charge in [0, 0.05) is 17.8 Å². The highest BCUT2D eigenvalue weighted by atomic mass is 32.2. The molecule has 0 aliphatic heterocycles. The molecule has 1 heterocycles. The maximum Gasteiger partial charge on any atom is 0.305 e. The molecule has 5 nitrogen and oxygen atoms in total. The fourth-order valence-corrected chi connectivity index (χ4v) is 3.88. The van der Waals surface area contributed by atoms with E-state index in [1.165, 1.54) is 25.1 Å². The molecule has 1 aromatic carbocycles. The third-order valence-corrected chi connectivity index (χ3v) is 5.44. The third-order valence-electron chi connectivity index (χ3n) is 2.44. The van der Waals surface area contributed by atoms with Crippen LogP contribution in [0.15, 0.2) is 33.3 Å². The number of sulfonamides is 1. The zero-order valence-corrected chi connectivity index (χ0v) is 11.6. The van der Waals surface area contributed by atoms with Crippen LogP contribution in [0.1, 0.15) is 11.3 Å². The van der Waals surface area contributed by atoms with E-state index in [1.807, 2.05) is 0 Å². The van der Waals surface area contributed by atoms with Crippen LogP contribution >= 0.6 is 11.3 Å². The van der Waals surface area contributed by atoms with Crippen molar-refractivity contribution >= 4 is 21.4 Å². The zero-order valence-electron chi connectivity index (χ0n) is 9.94. The number of rotatable bonds is 4. The molecule has 0 aliphatic carbocycles. The predicted molar refractivity (Wildman–Crippen MR) is 70.1 cm³/mol. The van der Waals surface area contributed by atoms with Crippen LogP contribution in [0.3, 0.4) is 0 Å². The average Bonchev–Trinajstić information content (AvgIpc) is 2.68. The van der Waals surface area contributed by atoms with Gasteiger partial charge in [-0.1, -0.05) is 29.5 Å². The van der Waals surface area contributed by atoms with E-state index in [4.69, 9.17) is 0 Å². The minimum absolute atomic E-state index is 0.0751. The van der Waals surface area contributed by atoms with E-state index in [2.05, 4.69) is 9.71 Å². The molecule has 0 aliphatic rings. The van der Waals surface area contributed by atoms with Crippen molar-refractivity contribution in [1.82, 2.24) is 9.71 Å². The van der Waals surface area contributed by atoms with Crippen molar-refractivity contribution in [3.05, 3.63) is 51.0 Å². The molecular weight excluding hydrogens is 291 g/mol. The van der Waals surface area contributed by atoms with Crippen molar-refractivity contribution in [2.75, 3.05) is 0 Å². The number of H-pyrrole nitrogens is 1. The number of aromatic nitrogens is 1. The van der Waals surface area contributed by atoms with Gasteiger partial charge in [0.2, 0.25) is 0 Å². The Morgan fingerprint density at radius 3 is 2.63 bits per heavy atom. The van der Waals surface area contributed by atoms with Gasteiger partial charge in [-0.15, -0.1) is 0 Å². The first-order chi connectivity index (χ1) is 8.90. The van der Waals surface area contributed by atoms with E-state index in [0.29, 0.717) is 11.3 Å². The van der Waals surface area contributed by atoms with Crippen LogP contribution in [0.4, 0.5) is 4.39 Å². The number of nitrogens with one attached hydrogen (secondary N) is 2. The summed E-state index contributed by atoms with van der Waals surface area (Å²) in [5, 5.41) is 0. The lowest BCUT2D eigenvalue weighted by atomic mass is 10.2. The normalized spacial score (nSPS) is 11.7. The average molecular weight is 302 g/mol. The molecule has 0 atom stereocenters. The van der Waals surface area contributed by atoms with E-state index < -0.39 is 20.7 Å². The summed E-state index contributed by atoms with van der Waals surface area (Å²) in [6.07, 6.45) is 0. The molecule has 19 heavy (non-hydrogen) atoms. The Hall–Kier alpha value is -1.51. The first kappa shape index (κ1) is 13.9. The number of thiazole rings is 1. The molecule has 0 radical (unpaired) electrons. The lowest BCUT2D eigenvalue weighted by Gasteiger charge is -2.06. The van der Waals surface area contributed by atoms with Crippen molar-refractivity contribution in [3.8, 4) is 0 Å². The highest BCUT2D eigenvalue weighted by Crippen LogP contribution is 2.16. The molecule has 0 amide bonds. The number of aryl methyl sites for hydroxylation is 1. The van der Waals surface area contributed by atoms with E-state index in [9.17, 15) is 17.6 Å². The van der Waals surface area contributed by atoms with Gasteiger partial charge in [0.15, 0.2) is 4.21 Å². The number of aromatic amines is 1. The van der Waals surface area contributed by atoms with Gasteiger partial charge in [-0.3, -0.25) is 4.79 Å². The standard InChI is InChI=1S/C11H11FN2O3S2/c1-7-10(18-11(15)14-7)19(16,17)13-6-8-4-2-3-5-9(8)12/h2-5,13H,6H2,1H3,(H,14,15). The largest absolute Gasteiger partial charge is 0.315 e. The topological polar surface area (TPSA) is 79.0 Å². The maximum atomic E-state index is 13.4. The lowest BCUT2D eigenvalue weighted by Crippen LogP contribution is -2.23. The van der Waals surface area contributed by atoms with Crippen molar-refractivity contribution in [2.45, 2.75) is 17.7 Å². The van der Waals surface area contributed by atoms with Gasteiger partial charge in [0.1, 0.15) is 5.82 Å². The van der Waals surface area contributed by atoms with Gasteiger partial charge >= 0.3 is 4.87 Å². The Labute approximate surface area is 113 Å². The molecule has 0 spiro atoms. The second-order valence-corrected chi connectivity index (χ2v) is 6.79. The summed E-state index contributed by atoms with van der Waals surface area (Å²) in [5.41, 5.74) is 0.516. The highest BCUT2D eigenvalue weighted by Gasteiger charge is 2.20. The first-order valence-electron chi connectivity index (χ1n) is 5.33. The molecular formula is C11H11FN2O3S2. The summed E-state index contributed by atoms with van der Waals surface area (Å²) in [7, 11) is -3.81. The lowest BCUT2D eigenvalue weighted by molar-refractivity contribution is 0.575. The molecule has 1 aromatic heterocycles. The van der Waals surface area contributed by atoms with E-state index in [-0.39, 0.29) is 22.0 Å². The van der Waals surface area contributed by atoms with Gasteiger partial charge in [0.25, 0.3) is 10.0 Å². The second-order valence-electron chi connectivity index (χ2n) is 3.84. The van der Waals surface area contributed by atoms with Gasteiger partial charge in [-0.05, 0) is 13.0 Å². The van der Waals surface area contributed by atoms with Crippen LogP contribution in [-0.2, 0) is 16.6 Å². The number of halogens is 1. The van der Waals surface area contributed by atoms with Crippen molar-refractivity contribution in [1.29, 1.82) is 0 Å². The van der Waals surface area contributed by atoms with Gasteiger partial charge in [0.05, 0.1) is 0 Å². The first-order valence-corrected chi connectivity index (χ1v) is 7.63. The Balaban J connectivity index is 2.22. The van der Waals surface area contributed by atoms with Crippen LogP contribution < -0.4 is 9.60 Å². The van der Waals surface area contributed by atoms with Crippen molar-refractivity contribution in [2.24, 2.45) is 0 Å². The summed E-state index contributed by atoms with van der Waals surface area (Å²) in [6.45, 7) is 1.33. The Bertz CT molecular complexity index is 749. The van der Waals surface area contributed by atoms with Crippen LogP contribution in [0.2, 0.25) is 0 Å². The maximum absolute atomic E-state index is 13.4. The second kappa shape index (κ2) is 5.24. The quantitative estimate of drug-likeness (QED) is 0.895. The molecule has 0 unspecified atom stereocenters. The summed E-state index contributed by atoms with van der Waals surface area (Å²) in [4.78, 5) is 13.0. The van der Waals surface area contributed by atoms with Crippen LogP contribution in [0, 0.1) is 12.7 Å². The third kappa shape index (κ3) is 3.09. The number of hydrogen-bond acceptors (Lipinski definition) is 4. The molecule has 8 heteroatoms. The minimum atomic E-state index is -3.81. The summed E-state index contributed by atoms with van der Waals surface area (Å²) in [6, 6.07) is 5.88. The van der Waals surface area contributed by atoms with Gasteiger partial charge in [-0.25, -0.2) is 17.5 Å². The fraction of sp³-hybridized carbons (Fsp3) is 0.182. The molecule has 2 aromatic rings. The summed E-state index contributed by atoms with van der Waals surface area (Å²) >= 11 is 0.605. The van der Waals surface area contributed by atoms with Crippen LogP contribution in [0.25, 0.3) is 0 Å². The zero-order chi connectivity index (χ0) is 14.0. The molecule has 0 saturated heterocycles. The predicted octanol–water partition coefficient (Wildman–Crippen LogP) is 1.36. The Morgan fingerprint density at radius 2 is 2.05 bits per heavy atom. The minimum Gasteiger partial charge on any atom is -0.315 e. The number of hydrogen-bond donors (Lipinski definition) is 2.